The molecule has 2 aromatic heterocycles. The Balaban J connectivity index is 2.59. The fraction of sp³-hybridized carbons (Fsp3) is 0.500. The van der Waals surface area contributed by atoms with E-state index in [0.29, 0.717) is 11.8 Å². The number of pyridine rings is 1. The largest absolute Gasteiger partial charge is 0.275 e. The van der Waals surface area contributed by atoms with Crippen molar-refractivity contribution in [3.8, 4) is 0 Å². The van der Waals surface area contributed by atoms with Gasteiger partial charge in [0.05, 0.1) is 5.69 Å². The van der Waals surface area contributed by atoms with Crippen LogP contribution in [-0.4, -0.2) is 14.8 Å². The van der Waals surface area contributed by atoms with E-state index in [1.807, 2.05) is 30.2 Å². The van der Waals surface area contributed by atoms with Crippen LogP contribution in [0.1, 0.15) is 32.4 Å². The molecule has 0 aliphatic heterocycles. The van der Waals surface area contributed by atoms with E-state index in [0.717, 1.165) is 11.2 Å². The summed E-state index contributed by atoms with van der Waals surface area (Å²) in [6.07, 6.45) is 3.91. The van der Waals surface area contributed by atoms with Crippen LogP contribution >= 0.6 is 0 Å². The first kappa shape index (κ1) is 10.1. The van der Waals surface area contributed by atoms with Crippen molar-refractivity contribution < 1.29 is 0 Å². The molecule has 0 aromatic carbocycles. The molecule has 0 aliphatic carbocycles. The monoisotopic (exact) mass is 203 g/mol. The van der Waals surface area contributed by atoms with Gasteiger partial charge in [-0.1, -0.05) is 20.8 Å². The lowest BCUT2D eigenvalue weighted by atomic mass is 9.93. The van der Waals surface area contributed by atoms with Gasteiger partial charge in [0, 0.05) is 30.7 Å². The zero-order chi connectivity index (χ0) is 11.0. The zero-order valence-electron chi connectivity index (χ0n) is 9.73. The van der Waals surface area contributed by atoms with Crippen LogP contribution in [0.25, 0.3) is 10.9 Å². The minimum Gasteiger partial charge on any atom is -0.275 e. The molecule has 1 atom stereocenters. The first-order valence-corrected chi connectivity index (χ1v) is 5.38. The molecule has 2 rings (SSSR count). The Labute approximate surface area is 90.1 Å². The van der Waals surface area contributed by atoms with Crippen molar-refractivity contribution in [2.45, 2.75) is 26.7 Å². The first-order valence-electron chi connectivity index (χ1n) is 5.38. The molecule has 2 aromatic rings. The maximum atomic E-state index is 4.47. The number of hydrogen-bond donors (Lipinski definition) is 0. The highest BCUT2D eigenvalue weighted by atomic mass is 15.2. The quantitative estimate of drug-likeness (QED) is 0.751. The van der Waals surface area contributed by atoms with E-state index in [4.69, 9.17) is 0 Å². The molecule has 1 unspecified atom stereocenters. The van der Waals surface area contributed by atoms with Crippen molar-refractivity contribution in [1.29, 1.82) is 0 Å². The highest BCUT2D eigenvalue weighted by molar-refractivity contribution is 5.80. The van der Waals surface area contributed by atoms with Gasteiger partial charge in [-0.05, 0) is 12.0 Å². The normalized spacial score (nSPS) is 13.7. The third-order valence-corrected chi connectivity index (χ3v) is 3.00. The van der Waals surface area contributed by atoms with Crippen molar-refractivity contribution in [1.82, 2.24) is 14.8 Å². The second kappa shape index (κ2) is 3.65. The second-order valence-corrected chi connectivity index (χ2v) is 4.47. The summed E-state index contributed by atoms with van der Waals surface area (Å²) in [5, 5.41) is 5.65. The van der Waals surface area contributed by atoms with Crippen molar-refractivity contribution in [2.75, 3.05) is 0 Å². The molecule has 0 aliphatic rings. The fourth-order valence-corrected chi connectivity index (χ4v) is 1.74. The molecule has 0 amide bonds. The minimum absolute atomic E-state index is 0.448. The van der Waals surface area contributed by atoms with Crippen LogP contribution in [-0.2, 0) is 7.05 Å². The molecule has 0 N–H and O–H groups in total. The fourth-order valence-electron chi connectivity index (χ4n) is 1.74. The molecule has 0 saturated heterocycles. The number of hydrogen-bond acceptors (Lipinski definition) is 2. The van der Waals surface area contributed by atoms with Crippen molar-refractivity contribution in [3.63, 3.8) is 0 Å². The molecule has 3 nitrogen and oxygen atoms in total. The average Bonchev–Trinajstić information content (AvgIpc) is 2.56. The number of nitrogens with zero attached hydrogens (tertiary/aromatic N) is 3. The predicted octanol–water partition coefficient (Wildman–Crippen LogP) is 2.73. The van der Waals surface area contributed by atoms with Gasteiger partial charge in [0.25, 0.3) is 0 Å². The van der Waals surface area contributed by atoms with Gasteiger partial charge in [-0.15, -0.1) is 0 Å². The van der Waals surface area contributed by atoms with Crippen molar-refractivity contribution >= 4 is 10.9 Å². The van der Waals surface area contributed by atoms with E-state index in [-0.39, 0.29) is 0 Å². The standard InChI is InChI=1S/C12H17N3/c1-8(2)9(3)11-12-10(5-6-13-11)7-15(4)14-12/h5-9H,1-4H3. The number of aryl methyl sites for hydroxylation is 1. The Morgan fingerprint density at radius 3 is 2.67 bits per heavy atom. The van der Waals surface area contributed by atoms with E-state index in [2.05, 4.69) is 30.9 Å². The van der Waals surface area contributed by atoms with E-state index >= 15 is 0 Å². The van der Waals surface area contributed by atoms with Crippen LogP contribution in [0.15, 0.2) is 18.5 Å². The molecule has 0 fully saturated rings. The van der Waals surface area contributed by atoms with Crippen LogP contribution in [0, 0.1) is 5.92 Å². The summed E-state index contributed by atoms with van der Waals surface area (Å²) in [4.78, 5) is 4.47. The zero-order valence-corrected chi connectivity index (χ0v) is 9.73. The number of rotatable bonds is 2. The molecule has 3 heteroatoms. The van der Waals surface area contributed by atoms with E-state index in [1.165, 1.54) is 5.39 Å². The lowest BCUT2D eigenvalue weighted by molar-refractivity contribution is 0.526. The topological polar surface area (TPSA) is 30.7 Å². The first-order chi connectivity index (χ1) is 7.09. The summed E-state index contributed by atoms with van der Waals surface area (Å²) < 4.78 is 1.85. The van der Waals surface area contributed by atoms with E-state index < -0.39 is 0 Å². The predicted molar refractivity (Wildman–Crippen MR) is 61.8 cm³/mol. The van der Waals surface area contributed by atoms with Crippen LogP contribution in [0.5, 0.6) is 0 Å². The Morgan fingerprint density at radius 2 is 2.00 bits per heavy atom. The lowest BCUT2D eigenvalue weighted by Crippen LogP contribution is -2.05. The van der Waals surface area contributed by atoms with Crippen LogP contribution in [0.4, 0.5) is 0 Å². The molecule has 15 heavy (non-hydrogen) atoms. The summed E-state index contributed by atoms with van der Waals surface area (Å²) in [7, 11) is 1.95. The molecule has 2 heterocycles. The van der Waals surface area contributed by atoms with Gasteiger partial charge in [0.15, 0.2) is 0 Å². The SMILES string of the molecule is CC(C)C(C)c1nccc2cn(C)nc12. The Kier molecular flexibility index (Phi) is 2.47. The summed E-state index contributed by atoms with van der Waals surface area (Å²) in [6, 6.07) is 2.01. The summed E-state index contributed by atoms with van der Waals surface area (Å²) in [5.74, 6) is 1.04. The number of fused-ring (bicyclic) bond motifs is 1. The van der Waals surface area contributed by atoms with Crippen LogP contribution < -0.4 is 0 Å². The Bertz CT molecular complexity index is 471. The second-order valence-electron chi connectivity index (χ2n) is 4.47. The smallest absolute Gasteiger partial charge is 0.114 e. The highest BCUT2D eigenvalue weighted by Crippen LogP contribution is 2.27. The van der Waals surface area contributed by atoms with E-state index in [1.54, 1.807) is 0 Å². The maximum absolute atomic E-state index is 4.47. The number of aromatic nitrogens is 3. The molecule has 0 spiro atoms. The molecular weight excluding hydrogens is 186 g/mol. The van der Waals surface area contributed by atoms with Gasteiger partial charge in [-0.25, -0.2) is 0 Å². The molecular formula is C12H17N3. The minimum atomic E-state index is 0.448. The lowest BCUT2D eigenvalue weighted by Gasteiger charge is -2.14. The third kappa shape index (κ3) is 1.74. The van der Waals surface area contributed by atoms with Crippen molar-refractivity contribution in [3.05, 3.63) is 24.2 Å². The van der Waals surface area contributed by atoms with E-state index in [9.17, 15) is 0 Å². The van der Waals surface area contributed by atoms with Gasteiger partial charge >= 0.3 is 0 Å². The maximum Gasteiger partial charge on any atom is 0.114 e. The third-order valence-electron chi connectivity index (χ3n) is 3.00. The summed E-state index contributed by atoms with van der Waals surface area (Å²) >= 11 is 0. The average molecular weight is 203 g/mol. The van der Waals surface area contributed by atoms with Gasteiger partial charge in [-0.2, -0.15) is 5.10 Å². The summed E-state index contributed by atoms with van der Waals surface area (Å²) in [5.41, 5.74) is 2.16. The Hall–Kier alpha value is -1.38. The molecule has 0 radical (unpaired) electrons. The summed E-state index contributed by atoms with van der Waals surface area (Å²) in [6.45, 7) is 6.64. The molecule has 80 valence electrons. The van der Waals surface area contributed by atoms with Crippen molar-refractivity contribution in [2.24, 2.45) is 13.0 Å². The van der Waals surface area contributed by atoms with Crippen LogP contribution in [0.2, 0.25) is 0 Å². The van der Waals surface area contributed by atoms with Crippen LogP contribution in [0.3, 0.4) is 0 Å². The van der Waals surface area contributed by atoms with Gasteiger partial charge < -0.3 is 0 Å². The van der Waals surface area contributed by atoms with Gasteiger partial charge in [0.1, 0.15) is 5.52 Å². The molecule has 0 bridgehead atoms. The molecule has 0 saturated carbocycles. The highest BCUT2D eigenvalue weighted by Gasteiger charge is 2.16. The Morgan fingerprint density at radius 1 is 1.27 bits per heavy atom. The van der Waals surface area contributed by atoms with Gasteiger partial charge in [0.2, 0.25) is 0 Å². The van der Waals surface area contributed by atoms with Gasteiger partial charge in [-0.3, -0.25) is 9.67 Å².